The van der Waals surface area contributed by atoms with E-state index < -0.39 is 15.8 Å². The van der Waals surface area contributed by atoms with Gasteiger partial charge in [0.1, 0.15) is 0 Å². The normalized spacial score (nSPS) is 11.8. The number of nitrogens with one attached hydrogen (secondary N) is 3. The van der Waals surface area contributed by atoms with Crippen LogP contribution in [0.1, 0.15) is 0 Å². The molecule has 5 N–H and O–H groups in total. The topological polar surface area (TPSA) is 130 Å². The van der Waals surface area contributed by atoms with Crippen LogP contribution in [0.5, 0.6) is 0 Å². The van der Waals surface area contributed by atoms with E-state index in [0.29, 0.717) is 22.5 Å². The average Bonchev–Trinajstić information content (AvgIpc) is 2.68. The van der Waals surface area contributed by atoms with E-state index in [2.05, 4.69) is 15.0 Å². The molecule has 2 aromatic rings. The smallest absolute Gasteiger partial charge is 0.408 e. The van der Waals surface area contributed by atoms with E-state index in [0.717, 1.165) is 0 Å². The van der Waals surface area contributed by atoms with Gasteiger partial charge in [-0.05, 0) is 13.1 Å². The lowest BCUT2D eigenvalue weighted by molar-refractivity contribution is 0.555. The monoisotopic (exact) mass is 286 g/mol. The van der Waals surface area contributed by atoms with Gasteiger partial charge in [-0.25, -0.2) is 17.9 Å². The molecule has 0 fully saturated rings. The van der Waals surface area contributed by atoms with Crippen molar-refractivity contribution >= 4 is 32.5 Å². The lowest BCUT2D eigenvalue weighted by Crippen LogP contribution is -2.26. The number of hydrogen-bond acceptors (Lipinski definition) is 6. The van der Waals surface area contributed by atoms with Gasteiger partial charge < -0.3 is 15.5 Å². The molecule has 0 atom stereocenters. The summed E-state index contributed by atoms with van der Waals surface area (Å²) < 4.78 is 29.6. The predicted molar refractivity (Wildman–Crippen MR) is 72.6 cm³/mol. The second-order valence-corrected chi connectivity index (χ2v) is 5.95. The first-order valence-electron chi connectivity index (χ1n) is 5.49. The maximum Gasteiger partial charge on any atom is 0.417 e. The Balaban J connectivity index is 2.16. The van der Waals surface area contributed by atoms with Gasteiger partial charge in [0.15, 0.2) is 5.58 Å². The van der Waals surface area contributed by atoms with Crippen molar-refractivity contribution in [1.82, 2.24) is 9.71 Å². The molecule has 19 heavy (non-hydrogen) atoms. The van der Waals surface area contributed by atoms with Crippen LogP contribution in [0.4, 0.5) is 11.4 Å². The average molecular weight is 286 g/mol. The van der Waals surface area contributed by atoms with Crippen molar-refractivity contribution < 1.29 is 12.8 Å². The Morgan fingerprint density at radius 2 is 2.16 bits per heavy atom. The molecule has 0 radical (unpaired) electrons. The number of aromatic nitrogens is 1. The van der Waals surface area contributed by atoms with Crippen LogP contribution in [0.3, 0.4) is 0 Å². The van der Waals surface area contributed by atoms with Crippen LogP contribution in [0.25, 0.3) is 11.1 Å². The van der Waals surface area contributed by atoms with Crippen LogP contribution in [0.2, 0.25) is 0 Å². The van der Waals surface area contributed by atoms with E-state index in [1.54, 1.807) is 6.07 Å². The highest BCUT2D eigenvalue weighted by molar-refractivity contribution is 7.89. The Hall–Kier alpha value is -2.00. The molecule has 1 aromatic heterocycles. The Morgan fingerprint density at radius 1 is 1.42 bits per heavy atom. The van der Waals surface area contributed by atoms with E-state index in [4.69, 9.17) is 10.2 Å². The first-order valence-corrected chi connectivity index (χ1v) is 7.14. The number of hydrogen-bond donors (Lipinski definition) is 4. The van der Waals surface area contributed by atoms with Gasteiger partial charge in [0.05, 0.1) is 22.6 Å². The summed E-state index contributed by atoms with van der Waals surface area (Å²) in [6.45, 7) is 0.195. The van der Waals surface area contributed by atoms with Crippen molar-refractivity contribution in [3.8, 4) is 0 Å². The second-order valence-electron chi connectivity index (χ2n) is 3.90. The zero-order valence-electron chi connectivity index (χ0n) is 10.2. The Kier molecular flexibility index (Phi) is 3.49. The Labute approximate surface area is 109 Å². The molecule has 0 saturated carbocycles. The third kappa shape index (κ3) is 3.06. The second kappa shape index (κ2) is 4.94. The van der Waals surface area contributed by atoms with Crippen LogP contribution in [0, 0.1) is 0 Å². The highest BCUT2D eigenvalue weighted by Gasteiger charge is 2.09. The van der Waals surface area contributed by atoms with E-state index in [1.807, 2.05) is 0 Å². The van der Waals surface area contributed by atoms with Gasteiger partial charge in [-0.1, -0.05) is 0 Å². The van der Waals surface area contributed by atoms with E-state index in [1.165, 1.54) is 13.1 Å². The highest BCUT2D eigenvalue weighted by Crippen LogP contribution is 2.24. The molecule has 104 valence electrons. The predicted octanol–water partition coefficient (Wildman–Crippen LogP) is -0.336. The van der Waals surface area contributed by atoms with Crippen LogP contribution >= 0.6 is 0 Å². The first-order chi connectivity index (χ1) is 8.91. The van der Waals surface area contributed by atoms with Crippen LogP contribution in [0.15, 0.2) is 21.3 Å². The van der Waals surface area contributed by atoms with Gasteiger partial charge in [0.2, 0.25) is 10.0 Å². The number of H-pyrrole nitrogens is 1. The minimum Gasteiger partial charge on any atom is -0.408 e. The quantitative estimate of drug-likeness (QED) is 0.556. The molecule has 0 aliphatic heterocycles. The maximum atomic E-state index is 11.2. The Bertz CT molecular complexity index is 746. The van der Waals surface area contributed by atoms with E-state index >= 15 is 0 Å². The number of nitrogens with two attached hydrogens (primary N) is 1. The van der Waals surface area contributed by atoms with Gasteiger partial charge in [-0.2, -0.15) is 0 Å². The van der Waals surface area contributed by atoms with Gasteiger partial charge in [0.25, 0.3) is 0 Å². The summed E-state index contributed by atoms with van der Waals surface area (Å²) in [6.07, 6.45) is 0. The fraction of sp³-hybridized carbons (Fsp3) is 0.300. The van der Waals surface area contributed by atoms with Crippen LogP contribution in [-0.4, -0.2) is 32.7 Å². The summed E-state index contributed by atoms with van der Waals surface area (Å²) in [6, 6.07) is 3.10. The minimum absolute atomic E-state index is 0.0805. The number of sulfonamides is 1. The van der Waals surface area contributed by atoms with Gasteiger partial charge in [-0.3, -0.25) is 4.98 Å². The molecular formula is C10H14N4O4S. The summed E-state index contributed by atoms with van der Waals surface area (Å²) in [7, 11) is -1.92. The number of fused-ring (bicyclic) bond motifs is 1. The van der Waals surface area contributed by atoms with Crippen LogP contribution < -0.4 is 21.5 Å². The molecule has 0 aliphatic carbocycles. The van der Waals surface area contributed by atoms with Crippen molar-refractivity contribution in [3.05, 3.63) is 22.7 Å². The number of oxazole rings is 1. The molecule has 0 unspecified atom stereocenters. The summed E-state index contributed by atoms with van der Waals surface area (Å²) in [5, 5.41) is 2.90. The van der Waals surface area contributed by atoms with Crippen molar-refractivity contribution in [3.63, 3.8) is 0 Å². The zero-order chi connectivity index (χ0) is 14.0. The molecular weight excluding hydrogens is 272 g/mol. The van der Waals surface area contributed by atoms with E-state index in [9.17, 15) is 13.2 Å². The summed E-state index contributed by atoms with van der Waals surface area (Å²) in [4.78, 5) is 13.5. The van der Waals surface area contributed by atoms with Gasteiger partial charge >= 0.3 is 5.76 Å². The minimum atomic E-state index is -3.27. The third-order valence-corrected chi connectivity index (χ3v) is 3.95. The molecule has 0 spiro atoms. The molecule has 1 heterocycles. The first kappa shape index (κ1) is 13.4. The molecule has 0 aliphatic rings. The summed E-state index contributed by atoms with van der Waals surface area (Å²) in [5.74, 6) is -0.646. The maximum absolute atomic E-state index is 11.2. The molecule has 8 nitrogen and oxygen atoms in total. The number of rotatable bonds is 5. The fourth-order valence-electron chi connectivity index (χ4n) is 1.59. The number of aromatic amines is 1. The number of anilines is 2. The summed E-state index contributed by atoms with van der Waals surface area (Å²) in [5.41, 5.74) is 7.54. The van der Waals surface area contributed by atoms with Gasteiger partial charge in [-0.15, -0.1) is 0 Å². The number of benzene rings is 1. The fourth-order valence-corrected chi connectivity index (χ4v) is 2.16. The molecule has 2 rings (SSSR count). The molecule has 0 amide bonds. The lowest BCUT2D eigenvalue weighted by atomic mass is 10.2. The lowest BCUT2D eigenvalue weighted by Gasteiger charge is -2.09. The number of nitrogen functional groups attached to an aromatic ring is 1. The van der Waals surface area contributed by atoms with Crippen LogP contribution in [-0.2, 0) is 10.0 Å². The Morgan fingerprint density at radius 3 is 2.84 bits per heavy atom. The summed E-state index contributed by atoms with van der Waals surface area (Å²) >= 11 is 0. The van der Waals surface area contributed by atoms with Crippen molar-refractivity contribution in [2.45, 2.75) is 0 Å². The zero-order valence-corrected chi connectivity index (χ0v) is 11.0. The van der Waals surface area contributed by atoms with Crippen molar-refractivity contribution in [2.75, 3.05) is 30.4 Å². The standard InChI is InChI=1S/C10H14N4O4S/c1-12-19(16,17)3-2-13-7-5-8-9(4-6(7)11)18-10(15)14-8/h4-5,12-13H,2-3,11H2,1H3,(H,14,15). The molecule has 0 bridgehead atoms. The molecule has 9 heteroatoms. The SMILES string of the molecule is CNS(=O)(=O)CCNc1cc2[nH]c(=O)oc2cc1N. The van der Waals surface area contributed by atoms with E-state index in [-0.39, 0.29) is 12.3 Å². The van der Waals surface area contributed by atoms with Crippen molar-refractivity contribution in [2.24, 2.45) is 0 Å². The van der Waals surface area contributed by atoms with Crippen molar-refractivity contribution in [1.29, 1.82) is 0 Å². The third-order valence-electron chi connectivity index (χ3n) is 2.59. The largest absolute Gasteiger partial charge is 0.417 e. The molecule has 0 saturated heterocycles. The highest BCUT2D eigenvalue weighted by atomic mass is 32.2. The van der Waals surface area contributed by atoms with Gasteiger partial charge in [0, 0.05) is 12.6 Å². The molecule has 1 aromatic carbocycles.